The number of para-hydroxylation sites is 1. The molecule has 0 aliphatic heterocycles. The zero-order valence-electron chi connectivity index (χ0n) is 33.2. The van der Waals surface area contributed by atoms with Crippen molar-refractivity contribution in [2.75, 3.05) is 0 Å². The number of rotatable bonds is 7. The molecular weight excluding hydrogens is 727 g/mol. The van der Waals surface area contributed by atoms with Crippen molar-refractivity contribution in [3.63, 3.8) is 0 Å². The van der Waals surface area contributed by atoms with E-state index in [1.807, 2.05) is 6.07 Å². The quantitative estimate of drug-likeness (QED) is 0.114. The molecule has 0 saturated heterocycles. The van der Waals surface area contributed by atoms with Gasteiger partial charge in [0.25, 0.3) is 0 Å². The van der Waals surface area contributed by atoms with Gasteiger partial charge >= 0.3 is 0 Å². The summed E-state index contributed by atoms with van der Waals surface area (Å²) < 4.78 is 2.43. The Bertz CT molecular complexity index is 3490. The van der Waals surface area contributed by atoms with Crippen molar-refractivity contribution in [2.45, 2.75) is 6.92 Å². The summed E-state index contributed by atoms with van der Waals surface area (Å²) in [5.41, 5.74) is 14.3. The summed E-state index contributed by atoms with van der Waals surface area (Å²) >= 11 is 0. The molecule has 0 aliphatic rings. The fraction of sp³-hybridized carbons (Fsp3) is 0.0175. The summed E-state index contributed by atoms with van der Waals surface area (Å²) in [6, 6.07) is 74.1. The molecule has 0 radical (unpaired) electrons. The molecule has 1 aromatic heterocycles. The largest absolute Gasteiger partial charge is 0.309 e. The van der Waals surface area contributed by atoms with Crippen LogP contribution in [0.3, 0.4) is 0 Å². The third-order valence-corrected chi connectivity index (χ3v) is 12.0. The first kappa shape index (κ1) is 35.3. The van der Waals surface area contributed by atoms with Gasteiger partial charge in [-0.3, -0.25) is 9.98 Å². The molecule has 3 heteroatoms. The minimum absolute atomic E-state index is 0.812. The van der Waals surface area contributed by atoms with E-state index in [1.165, 1.54) is 66.1 Å². The van der Waals surface area contributed by atoms with Crippen molar-refractivity contribution in [1.82, 2.24) is 4.57 Å². The van der Waals surface area contributed by atoms with Gasteiger partial charge in [0.05, 0.1) is 28.1 Å². The Balaban J connectivity index is 0.897. The lowest BCUT2D eigenvalue weighted by Crippen LogP contribution is -1.95. The van der Waals surface area contributed by atoms with Crippen molar-refractivity contribution in [3.8, 4) is 39.1 Å². The number of fused-ring (bicyclic) bond motifs is 7. The topological polar surface area (TPSA) is 29.6 Å². The summed E-state index contributed by atoms with van der Waals surface area (Å²) in [6.07, 6.45) is 0. The molecule has 1 heterocycles. The highest BCUT2D eigenvalue weighted by Gasteiger charge is 2.16. The molecule has 0 aliphatic carbocycles. The number of aromatic nitrogens is 1. The summed E-state index contributed by atoms with van der Waals surface area (Å²) in [4.78, 5) is 9.68. The van der Waals surface area contributed by atoms with Gasteiger partial charge in [-0.05, 0) is 93.0 Å². The van der Waals surface area contributed by atoms with E-state index < -0.39 is 0 Å². The van der Waals surface area contributed by atoms with Crippen LogP contribution in [0.4, 0.5) is 11.4 Å². The van der Waals surface area contributed by atoms with Crippen LogP contribution < -0.4 is 0 Å². The molecule has 0 unspecified atom stereocenters. The molecule has 0 spiro atoms. The van der Waals surface area contributed by atoms with Crippen LogP contribution in [0.15, 0.2) is 216 Å². The Morgan fingerprint density at radius 3 is 1.53 bits per heavy atom. The average molecular weight is 766 g/mol. The average Bonchev–Trinajstić information content (AvgIpc) is 3.65. The van der Waals surface area contributed by atoms with Gasteiger partial charge in [0.1, 0.15) is 0 Å². The van der Waals surface area contributed by atoms with Crippen molar-refractivity contribution < 1.29 is 0 Å². The maximum absolute atomic E-state index is 5.20. The van der Waals surface area contributed by atoms with E-state index in [4.69, 9.17) is 4.99 Å². The molecule has 0 bridgehead atoms. The number of hydrogen-bond acceptors (Lipinski definition) is 2. The molecule has 0 fully saturated rings. The molecule has 0 amide bonds. The van der Waals surface area contributed by atoms with Crippen LogP contribution in [0.1, 0.15) is 12.5 Å². The zero-order valence-corrected chi connectivity index (χ0v) is 33.2. The third-order valence-electron chi connectivity index (χ3n) is 12.0. The molecule has 60 heavy (non-hydrogen) atoms. The van der Waals surface area contributed by atoms with Gasteiger partial charge in [0.15, 0.2) is 0 Å². The van der Waals surface area contributed by atoms with Crippen LogP contribution >= 0.6 is 0 Å². The molecule has 282 valence electrons. The normalized spacial score (nSPS) is 11.9. The van der Waals surface area contributed by atoms with Crippen LogP contribution in [0, 0.1) is 0 Å². The fourth-order valence-corrected chi connectivity index (χ4v) is 9.06. The Morgan fingerprint density at radius 1 is 0.383 bits per heavy atom. The number of aliphatic imine (C=N–C) groups is 2. The third kappa shape index (κ3) is 5.90. The Kier molecular flexibility index (Phi) is 8.53. The summed E-state index contributed by atoms with van der Waals surface area (Å²) in [5.74, 6) is 0. The fourth-order valence-electron chi connectivity index (χ4n) is 9.06. The van der Waals surface area contributed by atoms with Gasteiger partial charge in [-0.25, -0.2) is 0 Å². The summed E-state index contributed by atoms with van der Waals surface area (Å²) in [7, 11) is 0. The van der Waals surface area contributed by atoms with Gasteiger partial charge in [0.2, 0.25) is 0 Å². The molecule has 0 saturated carbocycles. The molecule has 3 nitrogen and oxygen atoms in total. The molecule has 0 atom stereocenters. The lowest BCUT2D eigenvalue weighted by atomic mass is 9.96. The van der Waals surface area contributed by atoms with Crippen molar-refractivity contribution >= 4 is 77.9 Å². The molecule has 11 rings (SSSR count). The van der Waals surface area contributed by atoms with Crippen LogP contribution in [-0.2, 0) is 0 Å². The maximum Gasteiger partial charge on any atom is 0.0974 e. The number of benzene rings is 10. The number of hydrogen-bond donors (Lipinski definition) is 0. The predicted octanol–water partition coefficient (Wildman–Crippen LogP) is 15.7. The minimum atomic E-state index is 0.812. The molecule has 0 N–H and O–H groups in total. The van der Waals surface area contributed by atoms with E-state index in [-0.39, 0.29) is 0 Å². The first-order valence-electron chi connectivity index (χ1n) is 20.4. The molecule has 10 aromatic carbocycles. The van der Waals surface area contributed by atoms with Crippen LogP contribution in [0.25, 0.3) is 93.2 Å². The van der Waals surface area contributed by atoms with Gasteiger partial charge in [-0.2, -0.15) is 0 Å². The Morgan fingerprint density at radius 2 is 0.867 bits per heavy atom. The second kappa shape index (κ2) is 14.5. The summed E-state index contributed by atoms with van der Waals surface area (Å²) in [5, 5.41) is 9.44. The predicted molar refractivity (Wildman–Crippen MR) is 257 cm³/mol. The zero-order chi connectivity index (χ0) is 40.2. The van der Waals surface area contributed by atoms with Crippen LogP contribution in [0.5, 0.6) is 0 Å². The monoisotopic (exact) mass is 765 g/mol. The van der Waals surface area contributed by atoms with E-state index in [1.54, 1.807) is 0 Å². The second-order valence-corrected chi connectivity index (χ2v) is 15.5. The molecular formula is C57H39N3. The SMILES string of the molecule is C=Nc1c(N=C(C)c2ccc(-c3cccc(-c4ccc(-c5ccc6c7ccccc7n(-c7cccc8ccccc78)c6c5)cc4)c3)cc2)c2ccccc2c2ccccc12. The van der Waals surface area contributed by atoms with Gasteiger partial charge in [-0.15, -0.1) is 0 Å². The highest BCUT2D eigenvalue weighted by molar-refractivity contribution is 6.20. The second-order valence-electron chi connectivity index (χ2n) is 15.5. The molecule has 11 aromatic rings. The standard InChI is InChI=1S/C57H39N3/c1-37(59-57-52-22-8-6-19-48(52)47-18-5-7-21-51(47)56(57)58-2)38-25-27-39(28-26-38)43-15-11-16-44(35-43)40-29-31-41(32-30-40)45-33-34-50-49-20-9-10-23-54(49)60(55(50)36-45)53-24-12-14-42-13-3-4-17-46(42)53/h3-36H,2H2,1H3. The maximum atomic E-state index is 5.20. The highest BCUT2D eigenvalue weighted by atomic mass is 15.0. The van der Waals surface area contributed by atoms with E-state index in [0.717, 1.165) is 49.8 Å². The number of nitrogens with zero attached hydrogens (tertiary/aromatic N) is 3. The van der Waals surface area contributed by atoms with Crippen LogP contribution in [-0.4, -0.2) is 17.0 Å². The van der Waals surface area contributed by atoms with E-state index in [9.17, 15) is 0 Å². The lowest BCUT2D eigenvalue weighted by Gasteiger charge is -2.13. The van der Waals surface area contributed by atoms with Gasteiger partial charge < -0.3 is 4.57 Å². The Labute approximate surface area is 348 Å². The van der Waals surface area contributed by atoms with E-state index in [0.29, 0.717) is 0 Å². The minimum Gasteiger partial charge on any atom is -0.309 e. The highest BCUT2D eigenvalue weighted by Crippen LogP contribution is 2.44. The van der Waals surface area contributed by atoms with E-state index in [2.05, 4.69) is 223 Å². The van der Waals surface area contributed by atoms with E-state index >= 15 is 0 Å². The van der Waals surface area contributed by atoms with Crippen molar-refractivity contribution in [3.05, 3.63) is 212 Å². The smallest absolute Gasteiger partial charge is 0.0974 e. The van der Waals surface area contributed by atoms with Crippen molar-refractivity contribution in [2.24, 2.45) is 9.98 Å². The van der Waals surface area contributed by atoms with Crippen LogP contribution in [0.2, 0.25) is 0 Å². The summed E-state index contributed by atoms with van der Waals surface area (Å²) in [6.45, 7) is 6.01. The Hall–Kier alpha value is -7.88. The first-order chi connectivity index (χ1) is 29.6. The van der Waals surface area contributed by atoms with Gasteiger partial charge in [0, 0.05) is 32.6 Å². The first-order valence-corrected chi connectivity index (χ1v) is 20.4. The van der Waals surface area contributed by atoms with Crippen molar-refractivity contribution in [1.29, 1.82) is 0 Å². The lowest BCUT2D eigenvalue weighted by molar-refractivity contribution is 1.20. The van der Waals surface area contributed by atoms with Gasteiger partial charge in [-0.1, -0.05) is 182 Å².